The molecule has 3 rings (SSSR count). The van der Waals surface area contributed by atoms with Crippen molar-refractivity contribution in [1.82, 2.24) is 0 Å². The molecule has 0 fully saturated rings. The molecule has 142 valence electrons. The fourth-order valence-corrected chi connectivity index (χ4v) is 3.04. The number of methoxy groups -OCH3 is 1. The van der Waals surface area contributed by atoms with Gasteiger partial charge < -0.3 is 14.2 Å². The molecule has 0 aromatic heterocycles. The topological polar surface area (TPSA) is 40.0 Å². The smallest absolute Gasteiger partial charge is 0.175 e. The van der Waals surface area contributed by atoms with Crippen molar-refractivity contribution >= 4 is 27.8 Å². The van der Waals surface area contributed by atoms with E-state index in [1.807, 2.05) is 66.7 Å². The van der Waals surface area contributed by atoms with E-state index in [0.29, 0.717) is 18.1 Å². The van der Waals surface area contributed by atoms with E-state index in [2.05, 4.69) is 27.5 Å². The van der Waals surface area contributed by atoms with Crippen molar-refractivity contribution in [2.45, 2.75) is 0 Å². The number of para-hydroxylation sites is 1. The number of hydrogen-bond acceptors (Lipinski definition) is 4. The van der Waals surface area contributed by atoms with Crippen LogP contribution in [0.15, 0.2) is 88.9 Å². The normalized spacial score (nSPS) is 10.6. The van der Waals surface area contributed by atoms with Crippen LogP contribution < -0.4 is 14.2 Å². The van der Waals surface area contributed by atoms with Crippen LogP contribution in [-0.2, 0) is 0 Å². The van der Waals surface area contributed by atoms with Crippen molar-refractivity contribution in [3.8, 4) is 23.0 Å². The summed E-state index contributed by atoms with van der Waals surface area (Å²) in [6, 6.07) is 21.1. The van der Waals surface area contributed by atoms with Crippen LogP contribution in [0, 0.1) is 0 Å². The highest BCUT2D eigenvalue weighted by Gasteiger charge is 2.10. The van der Waals surface area contributed by atoms with Gasteiger partial charge in [-0.05, 0) is 70.0 Å². The lowest BCUT2D eigenvalue weighted by Crippen LogP contribution is -1.98. The quantitative estimate of drug-likeness (QED) is 0.295. The van der Waals surface area contributed by atoms with Crippen molar-refractivity contribution in [3.05, 3.63) is 89.4 Å². The molecule has 0 aliphatic heterocycles. The summed E-state index contributed by atoms with van der Waals surface area (Å²) in [7, 11) is 1.61. The van der Waals surface area contributed by atoms with Crippen molar-refractivity contribution in [2.24, 2.45) is 4.99 Å². The first kappa shape index (κ1) is 19.7. The Morgan fingerprint density at radius 2 is 1.71 bits per heavy atom. The van der Waals surface area contributed by atoms with Crippen LogP contribution in [0.2, 0.25) is 0 Å². The molecular weight excluding hydrogens is 418 g/mol. The number of ether oxygens (including phenoxy) is 3. The number of halogens is 1. The lowest BCUT2D eigenvalue weighted by atomic mass is 10.2. The van der Waals surface area contributed by atoms with E-state index in [4.69, 9.17) is 14.2 Å². The molecule has 3 aromatic rings. The molecule has 0 saturated heterocycles. The molecule has 0 spiro atoms. The summed E-state index contributed by atoms with van der Waals surface area (Å²) in [5.41, 5.74) is 1.71. The van der Waals surface area contributed by atoms with Crippen LogP contribution in [0.3, 0.4) is 0 Å². The average Bonchev–Trinajstić information content (AvgIpc) is 2.73. The van der Waals surface area contributed by atoms with Crippen LogP contribution in [0.25, 0.3) is 0 Å². The minimum atomic E-state index is 0.403. The first-order valence-electron chi connectivity index (χ1n) is 8.68. The third-order valence-corrected chi connectivity index (χ3v) is 4.36. The Balaban J connectivity index is 1.72. The molecule has 0 amide bonds. The predicted molar refractivity (Wildman–Crippen MR) is 117 cm³/mol. The van der Waals surface area contributed by atoms with Gasteiger partial charge in [0.2, 0.25) is 0 Å². The van der Waals surface area contributed by atoms with Crippen molar-refractivity contribution < 1.29 is 14.2 Å². The lowest BCUT2D eigenvalue weighted by Gasteiger charge is -2.12. The van der Waals surface area contributed by atoms with Crippen LogP contribution >= 0.6 is 15.9 Å². The van der Waals surface area contributed by atoms with Crippen LogP contribution in [0.1, 0.15) is 5.56 Å². The maximum atomic E-state index is 5.79. The monoisotopic (exact) mass is 437 g/mol. The van der Waals surface area contributed by atoms with E-state index < -0.39 is 0 Å². The Kier molecular flexibility index (Phi) is 6.87. The molecule has 0 radical (unpaired) electrons. The summed E-state index contributed by atoms with van der Waals surface area (Å²) in [6.07, 6.45) is 3.46. The van der Waals surface area contributed by atoms with Crippen LogP contribution in [0.5, 0.6) is 23.0 Å². The summed E-state index contributed by atoms with van der Waals surface area (Å²) in [4.78, 5) is 4.52. The molecule has 0 atom stereocenters. The average molecular weight is 438 g/mol. The molecule has 3 aromatic carbocycles. The van der Waals surface area contributed by atoms with Crippen LogP contribution in [0.4, 0.5) is 5.69 Å². The molecule has 0 unspecified atom stereocenters. The van der Waals surface area contributed by atoms with E-state index in [1.54, 1.807) is 19.4 Å². The number of rotatable bonds is 8. The van der Waals surface area contributed by atoms with E-state index >= 15 is 0 Å². The van der Waals surface area contributed by atoms with E-state index in [9.17, 15) is 0 Å². The summed E-state index contributed by atoms with van der Waals surface area (Å²) in [5, 5.41) is 0. The Labute approximate surface area is 173 Å². The summed E-state index contributed by atoms with van der Waals surface area (Å²) < 4.78 is 17.6. The fraction of sp³-hybridized carbons (Fsp3) is 0.0870. The first-order chi connectivity index (χ1) is 13.7. The van der Waals surface area contributed by atoms with Gasteiger partial charge in [0.1, 0.15) is 18.1 Å². The Bertz CT molecular complexity index is 954. The van der Waals surface area contributed by atoms with Gasteiger partial charge in [0.05, 0.1) is 17.3 Å². The predicted octanol–water partition coefficient (Wildman–Crippen LogP) is 6.57. The standard InChI is InChI=1S/C23H20BrNO3/c1-3-13-27-23-21(24)14-17(15-22(23)26-2)16-25-18-9-11-20(12-10-18)28-19-7-5-4-6-8-19/h3-12,14-16H,1,13H2,2H3. The van der Waals surface area contributed by atoms with Crippen LogP contribution in [-0.4, -0.2) is 19.9 Å². The minimum absolute atomic E-state index is 0.403. The third-order valence-electron chi connectivity index (χ3n) is 3.78. The Hall–Kier alpha value is -3.05. The highest BCUT2D eigenvalue weighted by atomic mass is 79.9. The first-order valence-corrected chi connectivity index (χ1v) is 9.47. The zero-order valence-electron chi connectivity index (χ0n) is 15.5. The van der Waals surface area contributed by atoms with Gasteiger partial charge in [0, 0.05) is 6.21 Å². The second-order valence-corrected chi connectivity index (χ2v) is 6.66. The van der Waals surface area contributed by atoms with Gasteiger partial charge in [-0.3, -0.25) is 4.99 Å². The van der Waals surface area contributed by atoms with E-state index in [0.717, 1.165) is 27.2 Å². The van der Waals surface area contributed by atoms with Gasteiger partial charge in [0.15, 0.2) is 11.5 Å². The summed E-state index contributed by atoms with van der Waals surface area (Å²) in [6.45, 7) is 4.06. The van der Waals surface area contributed by atoms with Crippen molar-refractivity contribution in [3.63, 3.8) is 0 Å². The SMILES string of the molecule is C=CCOc1c(Br)cc(C=Nc2ccc(Oc3ccccc3)cc2)cc1OC. The highest BCUT2D eigenvalue weighted by molar-refractivity contribution is 9.10. The molecule has 0 saturated carbocycles. The molecule has 0 heterocycles. The molecule has 0 bridgehead atoms. The Morgan fingerprint density at radius 1 is 1.00 bits per heavy atom. The zero-order valence-corrected chi connectivity index (χ0v) is 17.1. The van der Waals surface area contributed by atoms with Gasteiger partial charge in [-0.2, -0.15) is 0 Å². The summed E-state index contributed by atoms with van der Waals surface area (Å²) in [5.74, 6) is 2.83. The minimum Gasteiger partial charge on any atom is -0.493 e. The largest absolute Gasteiger partial charge is 0.493 e. The van der Waals surface area contributed by atoms with E-state index in [-0.39, 0.29) is 0 Å². The second kappa shape index (κ2) is 9.76. The number of hydrogen-bond donors (Lipinski definition) is 0. The summed E-state index contributed by atoms with van der Waals surface area (Å²) >= 11 is 3.52. The van der Waals surface area contributed by atoms with Crippen molar-refractivity contribution in [2.75, 3.05) is 13.7 Å². The molecule has 4 nitrogen and oxygen atoms in total. The number of aliphatic imine (C=N–C) groups is 1. The fourth-order valence-electron chi connectivity index (χ4n) is 2.47. The highest BCUT2D eigenvalue weighted by Crippen LogP contribution is 2.36. The Morgan fingerprint density at radius 3 is 2.39 bits per heavy atom. The number of benzene rings is 3. The second-order valence-electron chi connectivity index (χ2n) is 5.80. The molecular formula is C23H20BrNO3. The maximum absolute atomic E-state index is 5.79. The lowest BCUT2D eigenvalue weighted by molar-refractivity contribution is 0.324. The van der Waals surface area contributed by atoms with Gasteiger partial charge in [-0.1, -0.05) is 30.9 Å². The molecule has 0 aliphatic carbocycles. The number of nitrogens with zero attached hydrogens (tertiary/aromatic N) is 1. The third kappa shape index (κ3) is 5.24. The molecule has 0 N–H and O–H groups in total. The molecule has 28 heavy (non-hydrogen) atoms. The molecule has 0 aliphatic rings. The van der Waals surface area contributed by atoms with Gasteiger partial charge in [-0.25, -0.2) is 0 Å². The maximum Gasteiger partial charge on any atom is 0.175 e. The van der Waals surface area contributed by atoms with Crippen molar-refractivity contribution in [1.29, 1.82) is 0 Å². The molecule has 5 heteroatoms. The zero-order chi connectivity index (χ0) is 19.8. The van der Waals surface area contributed by atoms with E-state index in [1.165, 1.54) is 0 Å². The van der Waals surface area contributed by atoms with Gasteiger partial charge >= 0.3 is 0 Å². The van der Waals surface area contributed by atoms with Gasteiger partial charge in [0.25, 0.3) is 0 Å². The van der Waals surface area contributed by atoms with Gasteiger partial charge in [-0.15, -0.1) is 0 Å².